The van der Waals surface area contributed by atoms with Crippen molar-refractivity contribution in [3.8, 4) is 11.5 Å². The summed E-state index contributed by atoms with van der Waals surface area (Å²) in [5.74, 6) is 1.30. The Morgan fingerprint density at radius 2 is 0.784 bits per heavy atom. The highest BCUT2D eigenvalue weighted by atomic mass is 28.4. The highest BCUT2D eigenvalue weighted by Crippen LogP contribution is 2.37. The van der Waals surface area contributed by atoms with Crippen molar-refractivity contribution in [3.63, 3.8) is 0 Å². The van der Waals surface area contributed by atoms with Crippen molar-refractivity contribution in [2.75, 3.05) is 0 Å². The van der Waals surface area contributed by atoms with Crippen LogP contribution in [0.25, 0.3) is 0 Å². The van der Waals surface area contributed by atoms with Gasteiger partial charge in [0.25, 0.3) is 0 Å². The quantitative estimate of drug-likeness (QED) is 0.162. The third-order valence-corrected chi connectivity index (χ3v) is 10.8. The Balaban J connectivity index is 1.54. The monoisotopic (exact) mass is 508 g/mol. The minimum Gasteiger partial charge on any atom is -0.512 e. The van der Waals surface area contributed by atoms with Crippen molar-refractivity contribution >= 4 is 20.1 Å². The van der Waals surface area contributed by atoms with E-state index in [1.165, 1.54) is 0 Å². The van der Waals surface area contributed by atoms with E-state index in [0.717, 1.165) is 0 Å². The van der Waals surface area contributed by atoms with E-state index in [0.29, 0.717) is 33.8 Å². The zero-order valence-electron chi connectivity index (χ0n) is 21.7. The van der Waals surface area contributed by atoms with Crippen LogP contribution >= 0.6 is 0 Å². The first kappa shape index (κ1) is 26.1. The van der Waals surface area contributed by atoms with Gasteiger partial charge >= 0.3 is 8.56 Å². The average molecular weight is 509 g/mol. The number of ketones is 2. The van der Waals surface area contributed by atoms with Crippen molar-refractivity contribution < 1.29 is 18.4 Å². The molecule has 0 saturated heterocycles. The number of carbonyl (C=O) groups is 2. The summed E-state index contributed by atoms with van der Waals surface area (Å²) in [5.41, 5.74) is 2.81. The third-order valence-electron chi connectivity index (χ3n) is 6.47. The lowest BCUT2D eigenvalue weighted by molar-refractivity contribution is 0.103. The minimum atomic E-state index is -2.82. The Morgan fingerprint density at radius 3 is 1.08 bits per heavy atom. The molecule has 0 aromatic heterocycles. The van der Waals surface area contributed by atoms with E-state index >= 15 is 0 Å². The fourth-order valence-electron chi connectivity index (χ4n) is 4.39. The molecule has 0 aliphatic rings. The Kier molecular flexibility index (Phi) is 8.04. The van der Waals surface area contributed by atoms with Crippen LogP contribution in [0.1, 0.15) is 59.5 Å². The molecule has 0 aliphatic carbocycles. The van der Waals surface area contributed by atoms with E-state index in [1.54, 1.807) is 24.3 Å². The van der Waals surface area contributed by atoms with Gasteiger partial charge in [-0.05, 0) is 48.5 Å². The number of hydrogen-bond donors (Lipinski definition) is 0. The maximum atomic E-state index is 12.8. The van der Waals surface area contributed by atoms with Gasteiger partial charge in [-0.15, -0.1) is 0 Å². The Hall–Kier alpha value is -3.96. The summed E-state index contributed by atoms with van der Waals surface area (Å²) < 4.78 is 13.3. The van der Waals surface area contributed by atoms with E-state index < -0.39 is 8.56 Å². The predicted molar refractivity (Wildman–Crippen MR) is 150 cm³/mol. The smallest absolute Gasteiger partial charge is 0.465 e. The van der Waals surface area contributed by atoms with Crippen LogP contribution in [0, 0.1) is 0 Å². The maximum Gasteiger partial charge on any atom is 0.465 e. The molecule has 0 N–H and O–H groups in total. The molecule has 4 aromatic carbocycles. The van der Waals surface area contributed by atoms with Crippen LogP contribution in [0.4, 0.5) is 0 Å². The first-order valence-electron chi connectivity index (χ1n) is 12.6. The SMILES string of the molecule is CC(C)[Si](Oc1ccc(C(=O)c2ccccc2)cc1)(Oc1ccc(C(=O)c2ccccc2)cc1)C(C)C. The van der Waals surface area contributed by atoms with E-state index in [4.69, 9.17) is 8.85 Å². The maximum absolute atomic E-state index is 12.8. The van der Waals surface area contributed by atoms with Crippen LogP contribution in [0.5, 0.6) is 11.5 Å². The topological polar surface area (TPSA) is 52.6 Å². The Morgan fingerprint density at radius 1 is 0.486 bits per heavy atom. The number of benzene rings is 4. The summed E-state index contributed by atoms with van der Waals surface area (Å²) in [5, 5.41) is 0. The molecule has 0 amide bonds. The second-order valence-corrected chi connectivity index (χ2v) is 13.8. The molecule has 188 valence electrons. The fourth-order valence-corrected chi connectivity index (χ4v) is 7.72. The van der Waals surface area contributed by atoms with Crippen molar-refractivity contribution in [2.24, 2.45) is 0 Å². The first-order valence-corrected chi connectivity index (χ1v) is 14.5. The molecule has 0 spiro atoms. The lowest BCUT2D eigenvalue weighted by atomic mass is 10.0. The average Bonchev–Trinajstić information content (AvgIpc) is 2.93. The number of carbonyl (C=O) groups excluding carboxylic acids is 2. The van der Waals surface area contributed by atoms with Crippen LogP contribution < -0.4 is 8.85 Å². The molecule has 0 unspecified atom stereocenters. The molecule has 0 heterocycles. The number of hydrogen-bond acceptors (Lipinski definition) is 4. The summed E-state index contributed by atoms with van der Waals surface area (Å²) in [4.78, 5) is 25.6. The van der Waals surface area contributed by atoms with Crippen molar-refractivity contribution in [2.45, 2.75) is 38.8 Å². The third kappa shape index (κ3) is 5.89. The van der Waals surface area contributed by atoms with Crippen LogP contribution in [0.3, 0.4) is 0 Å². The second-order valence-electron chi connectivity index (χ2n) is 9.67. The van der Waals surface area contributed by atoms with Crippen LogP contribution in [-0.4, -0.2) is 20.1 Å². The van der Waals surface area contributed by atoms with Gasteiger partial charge in [0.1, 0.15) is 11.5 Å². The van der Waals surface area contributed by atoms with Gasteiger partial charge in [-0.1, -0.05) is 88.4 Å². The van der Waals surface area contributed by atoms with Crippen LogP contribution in [0.2, 0.25) is 11.1 Å². The van der Waals surface area contributed by atoms with Gasteiger partial charge in [-0.25, -0.2) is 0 Å². The molecule has 4 nitrogen and oxygen atoms in total. The Labute approximate surface area is 220 Å². The zero-order valence-corrected chi connectivity index (χ0v) is 22.7. The Bertz CT molecular complexity index is 1220. The van der Waals surface area contributed by atoms with Crippen LogP contribution in [-0.2, 0) is 0 Å². The zero-order chi connectivity index (χ0) is 26.4. The summed E-state index contributed by atoms with van der Waals surface area (Å²) in [6.45, 7) is 8.47. The molecular formula is C32H32O4Si. The fraction of sp³-hybridized carbons (Fsp3) is 0.188. The molecular weight excluding hydrogens is 476 g/mol. The van der Waals surface area contributed by atoms with E-state index in [9.17, 15) is 9.59 Å². The molecule has 0 fully saturated rings. The van der Waals surface area contributed by atoms with Crippen molar-refractivity contribution in [1.82, 2.24) is 0 Å². The minimum absolute atomic E-state index is 0.0234. The molecule has 0 saturated carbocycles. The lowest BCUT2D eigenvalue weighted by Crippen LogP contribution is -2.54. The van der Waals surface area contributed by atoms with Gasteiger partial charge < -0.3 is 8.85 Å². The summed E-state index contributed by atoms with van der Waals surface area (Å²) >= 11 is 0. The largest absolute Gasteiger partial charge is 0.512 e. The van der Waals surface area contributed by atoms with Gasteiger partial charge in [0.05, 0.1) is 0 Å². The number of rotatable bonds is 10. The molecule has 37 heavy (non-hydrogen) atoms. The molecule has 4 rings (SSSR count). The van der Waals surface area contributed by atoms with Crippen molar-refractivity contribution in [1.29, 1.82) is 0 Å². The summed E-state index contributed by atoms with van der Waals surface area (Å²) in [7, 11) is -2.82. The van der Waals surface area contributed by atoms with E-state index in [1.807, 2.05) is 84.9 Å². The van der Waals surface area contributed by atoms with Gasteiger partial charge in [-0.3, -0.25) is 9.59 Å². The van der Waals surface area contributed by atoms with Gasteiger partial charge in [0, 0.05) is 33.3 Å². The highest BCUT2D eigenvalue weighted by molar-refractivity contribution is 6.71. The highest BCUT2D eigenvalue weighted by Gasteiger charge is 2.49. The molecule has 0 aliphatic heterocycles. The lowest BCUT2D eigenvalue weighted by Gasteiger charge is -2.37. The van der Waals surface area contributed by atoms with E-state index in [2.05, 4.69) is 27.7 Å². The first-order chi connectivity index (χ1) is 17.8. The standard InChI is InChI=1S/C32H32O4Si/c1-23(2)37(24(3)4,35-29-19-15-27(16-20-29)31(33)25-11-7-5-8-12-25)36-30-21-17-28(18-22-30)32(34)26-13-9-6-10-14-26/h5-24H,1-4H3. The van der Waals surface area contributed by atoms with Gasteiger partial charge in [0.2, 0.25) is 0 Å². The second kappa shape index (κ2) is 11.4. The predicted octanol–water partition coefficient (Wildman–Crippen LogP) is 7.87. The van der Waals surface area contributed by atoms with Gasteiger partial charge in [0.15, 0.2) is 11.6 Å². The molecule has 0 atom stereocenters. The molecule has 5 heteroatoms. The normalized spacial score (nSPS) is 11.4. The molecule has 0 bridgehead atoms. The molecule has 4 aromatic rings. The van der Waals surface area contributed by atoms with Gasteiger partial charge in [-0.2, -0.15) is 0 Å². The summed E-state index contributed by atoms with van der Waals surface area (Å²) in [6, 6.07) is 33.0. The van der Waals surface area contributed by atoms with Crippen LogP contribution in [0.15, 0.2) is 109 Å². The van der Waals surface area contributed by atoms with E-state index in [-0.39, 0.29) is 22.6 Å². The summed E-state index contributed by atoms with van der Waals surface area (Å²) in [6.07, 6.45) is 0. The molecule has 0 radical (unpaired) electrons. The van der Waals surface area contributed by atoms with Crippen molar-refractivity contribution in [3.05, 3.63) is 131 Å².